The molecule has 0 aromatic carbocycles. The van der Waals surface area contributed by atoms with Gasteiger partial charge in [0.1, 0.15) is 5.82 Å². The number of pyridine rings is 1. The smallest absolute Gasteiger partial charge is 0.227 e. The standard InChI is InChI=1S/C14H20BrN3O2/c1-9-7-11(17-8-10(9)15)18-12(19)5-6-16-13(20)14(2,3)4/h7-8H,5-6H2,1-4H3,(H,16,20)(H,17,18,19). The van der Waals surface area contributed by atoms with E-state index in [4.69, 9.17) is 0 Å². The molecule has 0 bridgehead atoms. The number of carbonyl (C=O) groups excluding carboxylic acids is 2. The van der Waals surface area contributed by atoms with E-state index < -0.39 is 5.41 Å². The molecule has 0 saturated heterocycles. The van der Waals surface area contributed by atoms with Gasteiger partial charge in [-0.2, -0.15) is 0 Å². The minimum atomic E-state index is -0.444. The Morgan fingerprint density at radius 3 is 2.55 bits per heavy atom. The van der Waals surface area contributed by atoms with Crippen LogP contribution in [0.4, 0.5) is 5.82 Å². The summed E-state index contributed by atoms with van der Waals surface area (Å²) < 4.78 is 0.896. The van der Waals surface area contributed by atoms with Crippen LogP contribution in [0.25, 0.3) is 0 Å². The van der Waals surface area contributed by atoms with Crippen molar-refractivity contribution in [3.05, 3.63) is 22.3 Å². The van der Waals surface area contributed by atoms with Gasteiger partial charge in [0, 0.05) is 29.1 Å². The predicted molar refractivity (Wildman–Crippen MR) is 82.4 cm³/mol. The van der Waals surface area contributed by atoms with Gasteiger partial charge in [0.05, 0.1) is 0 Å². The van der Waals surface area contributed by atoms with Crippen molar-refractivity contribution in [2.75, 3.05) is 11.9 Å². The zero-order valence-corrected chi connectivity index (χ0v) is 13.8. The fourth-order valence-corrected chi connectivity index (χ4v) is 1.58. The lowest BCUT2D eigenvalue weighted by atomic mass is 9.96. The quantitative estimate of drug-likeness (QED) is 0.884. The molecule has 5 nitrogen and oxygen atoms in total. The molecule has 2 amide bonds. The Balaban J connectivity index is 2.41. The Hall–Kier alpha value is -1.43. The first-order valence-corrected chi connectivity index (χ1v) is 7.20. The van der Waals surface area contributed by atoms with Crippen LogP contribution >= 0.6 is 15.9 Å². The minimum Gasteiger partial charge on any atom is -0.355 e. The van der Waals surface area contributed by atoms with E-state index in [9.17, 15) is 9.59 Å². The number of anilines is 1. The molecule has 6 heteroatoms. The highest BCUT2D eigenvalue weighted by Gasteiger charge is 2.20. The Bertz CT molecular complexity index is 510. The molecular formula is C14H20BrN3O2. The van der Waals surface area contributed by atoms with E-state index in [0.29, 0.717) is 12.4 Å². The summed E-state index contributed by atoms with van der Waals surface area (Å²) >= 11 is 3.35. The Morgan fingerprint density at radius 1 is 1.35 bits per heavy atom. The first-order chi connectivity index (χ1) is 9.20. The Labute approximate surface area is 127 Å². The van der Waals surface area contributed by atoms with Gasteiger partial charge in [-0.25, -0.2) is 4.98 Å². The summed E-state index contributed by atoms with van der Waals surface area (Å²) in [5.74, 6) is 0.272. The number of hydrogen-bond donors (Lipinski definition) is 2. The Kier molecular flexibility index (Phi) is 5.68. The van der Waals surface area contributed by atoms with Crippen molar-refractivity contribution in [2.45, 2.75) is 34.1 Å². The predicted octanol–water partition coefficient (Wildman–Crippen LogP) is 2.64. The van der Waals surface area contributed by atoms with Gasteiger partial charge >= 0.3 is 0 Å². The molecule has 1 aromatic rings. The fraction of sp³-hybridized carbons (Fsp3) is 0.500. The van der Waals surface area contributed by atoms with Crippen LogP contribution in [0.5, 0.6) is 0 Å². The molecule has 0 atom stereocenters. The number of nitrogens with zero attached hydrogens (tertiary/aromatic N) is 1. The maximum absolute atomic E-state index is 11.7. The second-order valence-corrected chi connectivity index (χ2v) is 6.48. The third kappa shape index (κ3) is 5.28. The van der Waals surface area contributed by atoms with E-state index in [-0.39, 0.29) is 18.2 Å². The van der Waals surface area contributed by atoms with Gasteiger partial charge in [0.25, 0.3) is 0 Å². The zero-order valence-electron chi connectivity index (χ0n) is 12.2. The van der Waals surface area contributed by atoms with Crippen molar-refractivity contribution in [2.24, 2.45) is 5.41 Å². The molecule has 0 unspecified atom stereocenters. The molecule has 110 valence electrons. The monoisotopic (exact) mass is 341 g/mol. The molecule has 0 fully saturated rings. The number of carbonyl (C=O) groups is 2. The second-order valence-electron chi connectivity index (χ2n) is 5.62. The number of hydrogen-bond acceptors (Lipinski definition) is 3. The van der Waals surface area contributed by atoms with Crippen molar-refractivity contribution in [3.63, 3.8) is 0 Å². The lowest BCUT2D eigenvalue weighted by molar-refractivity contribution is -0.128. The summed E-state index contributed by atoms with van der Waals surface area (Å²) in [5, 5.41) is 5.43. The van der Waals surface area contributed by atoms with E-state index in [1.165, 1.54) is 0 Å². The lowest BCUT2D eigenvalue weighted by Crippen LogP contribution is -2.36. The number of halogens is 1. The molecule has 1 rings (SSSR count). The van der Waals surface area contributed by atoms with Gasteiger partial charge in [-0.1, -0.05) is 20.8 Å². The average Bonchev–Trinajstić information content (AvgIpc) is 2.32. The van der Waals surface area contributed by atoms with Crippen molar-refractivity contribution >= 4 is 33.6 Å². The van der Waals surface area contributed by atoms with Crippen LogP contribution in [0, 0.1) is 12.3 Å². The molecule has 2 N–H and O–H groups in total. The van der Waals surface area contributed by atoms with E-state index in [1.54, 1.807) is 12.3 Å². The van der Waals surface area contributed by atoms with Crippen LogP contribution in [-0.4, -0.2) is 23.3 Å². The van der Waals surface area contributed by atoms with Crippen LogP contribution < -0.4 is 10.6 Å². The van der Waals surface area contributed by atoms with E-state index in [0.717, 1.165) is 10.0 Å². The van der Waals surface area contributed by atoms with Crippen molar-refractivity contribution in [3.8, 4) is 0 Å². The molecule has 20 heavy (non-hydrogen) atoms. The third-order valence-corrected chi connectivity index (χ3v) is 3.46. The van der Waals surface area contributed by atoms with Crippen LogP contribution in [0.2, 0.25) is 0 Å². The molecule has 1 aromatic heterocycles. The van der Waals surface area contributed by atoms with E-state index >= 15 is 0 Å². The molecule has 0 aliphatic rings. The number of amides is 2. The number of aryl methyl sites for hydroxylation is 1. The molecule has 0 aliphatic heterocycles. The maximum atomic E-state index is 11.7. The zero-order chi connectivity index (χ0) is 15.3. The van der Waals surface area contributed by atoms with E-state index in [1.807, 2.05) is 27.7 Å². The van der Waals surface area contributed by atoms with Crippen LogP contribution in [0.15, 0.2) is 16.7 Å². The summed E-state index contributed by atoms with van der Waals surface area (Å²) in [6.45, 7) is 7.73. The first kappa shape index (κ1) is 16.6. The van der Waals surface area contributed by atoms with Crippen LogP contribution in [-0.2, 0) is 9.59 Å². The molecule has 0 radical (unpaired) electrons. The number of rotatable bonds is 4. The van der Waals surface area contributed by atoms with E-state index in [2.05, 4.69) is 31.5 Å². The number of aromatic nitrogens is 1. The number of nitrogens with one attached hydrogen (secondary N) is 2. The fourth-order valence-electron chi connectivity index (χ4n) is 1.37. The van der Waals surface area contributed by atoms with Gasteiger partial charge in [0.2, 0.25) is 11.8 Å². The summed E-state index contributed by atoms with van der Waals surface area (Å²) in [5.41, 5.74) is 0.553. The van der Waals surface area contributed by atoms with Crippen molar-refractivity contribution < 1.29 is 9.59 Å². The summed E-state index contributed by atoms with van der Waals surface area (Å²) in [6, 6.07) is 1.79. The molecular weight excluding hydrogens is 322 g/mol. The SMILES string of the molecule is Cc1cc(NC(=O)CCNC(=O)C(C)(C)C)ncc1Br. The van der Waals surface area contributed by atoms with Gasteiger partial charge in [-0.05, 0) is 34.5 Å². The maximum Gasteiger partial charge on any atom is 0.227 e. The summed E-state index contributed by atoms with van der Waals surface area (Å²) in [7, 11) is 0. The normalized spacial score (nSPS) is 11.1. The van der Waals surface area contributed by atoms with Crippen molar-refractivity contribution in [1.29, 1.82) is 0 Å². The second kappa shape index (κ2) is 6.83. The van der Waals surface area contributed by atoms with Gasteiger partial charge in [0.15, 0.2) is 0 Å². The highest BCUT2D eigenvalue weighted by Crippen LogP contribution is 2.17. The van der Waals surface area contributed by atoms with Gasteiger partial charge in [-0.15, -0.1) is 0 Å². The lowest BCUT2D eigenvalue weighted by Gasteiger charge is -2.17. The van der Waals surface area contributed by atoms with Crippen LogP contribution in [0.1, 0.15) is 32.8 Å². The summed E-state index contributed by atoms with van der Waals surface area (Å²) in [6.07, 6.45) is 1.87. The molecule has 0 aliphatic carbocycles. The molecule has 0 spiro atoms. The van der Waals surface area contributed by atoms with Crippen LogP contribution in [0.3, 0.4) is 0 Å². The molecule has 1 heterocycles. The molecule has 0 saturated carbocycles. The minimum absolute atomic E-state index is 0.0667. The van der Waals surface area contributed by atoms with Crippen molar-refractivity contribution in [1.82, 2.24) is 10.3 Å². The average molecular weight is 342 g/mol. The highest BCUT2D eigenvalue weighted by atomic mass is 79.9. The van der Waals surface area contributed by atoms with Gasteiger partial charge < -0.3 is 10.6 Å². The Morgan fingerprint density at radius 2 is 2.00 bits per heavy atom. The topological polar surface area (TPSA) is 71.1 Å². The van der Waals surface area contributed by atoms with Gasteiger partial charge in [-0.3, -0.25) is 9.59 Å². The first-order valence-electron chi connectivity index (χ1n) is 6.40. The highest BCUT2D eigenvalue weighted by molar-refractivity contribution is 9.10. The third-order valence-electron chi connectivity index (χ3n) is 2.63. The largest absolute Gasteiger partial charge is 0.355 e. The summed E-state index contributed by atoms with van der Waals surface area (Å²) in [4.78, 5) is 27.4.